The van der Waals surface area contributed by atoms with Gasteiger partial charge < -0.3 is 4.74 Å². The topological polar surface area (TPSA) is 29.5 Å². The second-order valence-electron chi connectivity index (χ2n) is 6.80. The van der Waals surface area contributed by atoms with E-state index in [9.17, 15) is 4.79 Å². The zero-order valence-corrected chi connectivity index (χ0v) is 16.0. The van der Waals surface area contributed by atoms with Crippen molar-refractivity contribution in [1.82, 2.24) is 4.90 Å². The zero-order valence-electron chi connectivity index (χ0n) is 16.0. The molecule has 3 heteroatoms. The molecule has 0 aliphatic rings. The normalized spacial score (nSPS) is 13.2. The number of carbonyl (C=O) groups is 1. The summed E-state index contributed by atoms with van der Waals surface area (Å²) in [6, 6.07) is 27.4. The van der Waals surface area contributed by atoms with Gasteiger partial charge in [0.1, 0.15) is 5.75 Å². The summed E-state index contributed by atoms with van der Waals surface area (Å²) in [5, 5.41) is 0. The number of ketones is 1. The van der Waals surface area contributed by atoms with Gasteiger partial charge in [-0.3, -0.25) is 9.69 Å². The van der Waals surface area contributed by atoms with E-state index in [0.717, 1.165) is 22.4 Å². The lowest BCUT2D eigenvalue weighted by Gasteiger charge is -2.32. The maximum absolute atomic E-state index is 13.5. The maximum atomic E-state index is 13.5. The van der Waals surface area contributed by atoms with Gasteiger partial charge in [-0.25, -0.2) is 0 Å². The summed E-state index contributed by atoms with van der Waals surface area (Å²) in [5.41, 5.74) is 2.89. The average Bonchev–Trinajstić information content (AvgIpc) is 2.72. The smallest absolute Gasteiger partial charge is 0.180 e. The Balaban J connectivity index is 2.13. The molecule has 0 N–H and O–H groups in total. The van der Waals surface area contributed by atoms with Crippen LogP contribution in [-0.2, 0) is 0 Å². The molecule has 0 amide bonds. The van der Waals surface area contributed by atoms with Gasteiger partial charge in [-0.1, -0.05) is 72.8 Å². The summed E-state index contributed by atoms with van der Waals surface area (Å²) in [6.07, 6.45) is 0. The summed E-state index contributed by atoms with van der Waals surface area (Å²) >= 11 is 0. The second kappa shape index (κ2) is 8.65. The molecule has 0 radical (unpaired) electrons. The third-order valence-electron chi connectivity index (χ3n) is 4.81. The predicted molar refractivity (Wildman–Crippen MR) is 110 cm³/mol. The van der Waals surface area contributed by atoms with E-state index in [2.05, 4.69) is 18.2 Å². The Hall–Kier alpha value is -2.91. The van der Waals surface area contributed by atoms with E-state index in [1.807, 2.05) is 85.7 Å². The van der Waals surface area contributed by atoms with Crippen LogP contribution in [0.2, 0.25) is 0 Å². The van der Waals surface area contributed by atoms with Crippen molar-refractivity contribution in [2.75, 3.05) is 21.2 Å². The summed E-state index contributed by atoms with van der Waals surface area (Å²) in [4.78, 5) is 15.5. The highest BCUT2D eigenvalue weighted by molar-refractivity contribution is 6.01. The quantitative estimate of drug-likeness (QED) is 0.576. The van der Waals surface area contributed by atoms with Crippen LogP contribution in [0.25, 0.3) is 0 Å². The van der Waals surface area contributed by atoms with Crippen LogP contribution < -0.4 is 4.74 Å². The van der Waals surface area contributed by atoms with Crippen LogP contribution in [0.5, 0.6) is 5.75 Å². The van der Waals surface area contributed by atoms with Crippen LogP contribution in [0, 0.1) is 0 Å². The summed E-state index contributed by atoms with van der Waals surface area (Å²) in [7, 11) is 5.58. The Morgan fingerprint density at radius 1 is 0.815 bits per heavy atom. The number of nitrogens with zero attached hydrogens (tertiary/aromatic N) is 1. The van der Waals surface area contributed by atoms with Gasteiger partial charge in [0.05, 0.1) is 13.2 Å². The second-order valence-corrected chi connectivity index (χ2v) is 6.80. The lowest BCUT2D eigenvalue weighted by Crippen LogP contribution is -2.41. The van der Waals surface area contributed by atoms with E-state index >= 15 is 0 Å². The number of rotatable bonds is 7. The van der Waals surface area contributed by atoms with Gasteiger partial charge in [-0.05, 0) is 37.4 Å². The van der Waals surface area contributed by atoms with Gasteiger partial charge in [0.2, 0.25) is 0 Å². The Labute approximate surface area is 161 Å². The molecule has 3 rings (SSSR count). The molecule has 2 unspecified atom stereocenters. The van der Waals surface area contributed by atoms with E-state index in [1.54, 1.807) is 7.11 Å². The first-order valence-corrected chi connectivity index (χ1v) is 9.06. The van der Waals surface area contributed by atoms with Gasteiger partial charge in [0.25, 0.3) is 0 Å². The van der Waals surface area contributed by atoms with Gasteiger partial charge in [-0.2, -0.15) is 0 Å². The Kier molecular flexibility index (Phi) is 6.05. The van der Waals surface area contributed by atoms with Crippen molar-refractivity contribution in [3.05, 3.63) is 102 Å². The van der Waals surface area contributed by atoms with Gasteiger partial charge in [0, 0.05) is 11.5 Å². The minimum atomic E-state index is -0.332. The average molecular weight is 359 g/mol. The molecule has 0 aromatic heterocycles. The first-order valence-electron chi connectivity index (χ1n) is 9.06. The number of likely N-dealkylation sites (N-methyl/N-ethyl adjacent to an activating group) is 1. The van der Waals surface area contributed by atoms with Gasteiger partial charge in [-0.15, -0.1) is 0 Å². The fraction of sp³-hybridized carbons (Fsp3) is 0.208. The first-order chi connectivity index (χ1) is 13.1. The van der Waals surface area contributed by atoms with Crippen LogP contribution in [0.3, 0.4) is 0 Å². The van der Waals surface area contributed by atoms with Crippen molar-refractivity contribution in [2.45, 2.75) is 12.0 Å². The largest absolute Gasteiger partial charge is 0.497 e. The van der Waals surface area contributed by atoms with Gasteiger partial charge >= 0.3 is 0 Å². The maximum Gasteiger partial charge on any atom is 0.180 e. The summed E-state index contributed by atoms with van der Waals surface area (Å²) < 4.78 is 5.43. The SMILES string of the molecule is COc1cccc(C(c2ccccc2)C(C(=O)c2ccccc2)N(C)C)c1. The molecule has 27 heavy (non-hydrogen) atoms. The van der Waals surface area contributed by atoms with E-state index in [-0.39, 0.29) is 17.7 Å². The molecule has 0 fully saturated rings. The Bertz CT molecular complexity index is 875. The minimum Gasteiger partial charge on any atom is -0.497 e. The third-order valence-corrected chi connectivity index (χ3v) is 4.81. The minimum absolute atomic E-state index is 0.107. The molecule has 0 aliphatic heterocycles. The highest BCUT2D eigenvalue weighted by atomic mass is 16.5. The van der Waals surface area contributed by atoms with E-state index < -0.39 is 0 Å². The van der Waals surface area contributed by atoms with Crippen molar-refractivity contribution in [3.63, 3.8) is 0 Å². The molecule has 0 saturated carbocycles. The lowest BCUT2D eigenvalue weighted by molar-refractivity contribution is 0.0859. The zero-order chi connectivity index (χ0) is 19.2. The predicted octanol–water partition coefficient (Wildman–Crippen LogP) is 4.64. The van der Waals surface area contributed by atoms with E-state index in [1.165, 1.54) is 0 Å². The standard InChI is InChI=1S/C24H25NO2/c1-25(2)23(24(26)19-13-8-5-9-14-19)22(18-11-6-4-7-12-18)20-15-10-16-21(17-20)27-3/h4-17,22-23H,1-3H3. The molecular formula is C24H25NO2. The molecule has 0 heterocycles. The molecule has 0 bridgehead atoms. The molecule has 0 aliphatic carbocycles. The van der Waals surface area contributed by atoms with Crippen molar-refractivity contribution >= 4 is 5.78 Å². The Morgan fingerprint density at radius 2 is 1.41 bits per heavy atom. The number of Topliss-reactive ketones (excluding diaryl/α,β-unsaturated/α-hetero) is 1. The van der Waals surface area contributed by atoms with E-state index in [0.29, 0.717) is 0 Å². The molecular weight excluding hydrogens is 334 g/mol. The molecule has 3 aromatic carbocycles. The molecule has 3 aromatic rings. The Morgan fingerprint density at radius 3 is 2.00 bits per heavy atom. The van der Waals surface area contributed by atoms with Crippen molar-refractivity contribution in [3.8, 4) is 5.75 Å². The van der Waals surface area contributed by atoms with Crippen molar-refractivity contribution in [2.24, 2.45) is 0 Å². The van der Waals surface area contributed by atoms with Crippen molar-refractivity contribution < 1.29 is 9.53 Å². The number of hydrogen-bond donors (Lipinski definition) is 0. The number of carbonyl (C=O) groups excluding carboxylic acids is 1. The molecule has 0 spiro atoms. The summed E-state index contributed by atoms with van der Waals surface area (Å²) in [5.74, 6) is 0.791. The number of methoxy groups -OCH3 is 1. The van der Waals surface area contributed by atoms with E-state index in [4.69, 9.17) is 4.74 Å². The number of hydrogen-bond acceptors (Lipinski definition) is 3. The number of benzene rings is 3. The monoisotopic (exact) mass is 359 g/mol. The molecule has 3 nitrogen and oxygen atoms in total. The number of ether oxygens (including phenoxy) is 1. The highest BCUT2D eigenvalue weighted by Crippen LogP contribution is 2.33. The lowest BCUT2D eigenvalue weighted by atomic mass is 9.81. The summed E-state index contributed by atoms with van der Waals surface area (Å²) in [6.45, 7) is 0. The third kappa shape index (κ3) is 4.26. The first kappa shape index (κ1) is 18.9. The molecule has 2 atom stereocenters. The van der Waals surface area contributed by atoms with Gasteiger partial charge in [0.15, 0.2) is 5.78 Å². The van der Waals surface area contributed by atoms with Crippen LogP contribution in [0.15, 0.2) is 84.9 Å². The van der Waals surface area contributed by atoms with Crippen LogP contribution in [0.4, 0.5) is 0 Å². The highest BCUT2D eigenvalue weighted by Gasteiger charge is 2.33. The fourth-order valence-corrected chi connectivity index (χ4v) is 3.51. The molecule has 138 valence electrons. The fourth-order valence-electron chi connectivity index (χ4n) is 3.51. The van der Waals surface area contributed by atoms with Crippen molar-refractivity contribution in [1.29, 1.82) is 0 Å². The molecule has 0 saturated heterocycles. The van der Waals surface area contributed by atoms with Crippen LogP contribution in [0.1, 0.15) is 27.4 Å². The van der Waals surface area contributed by atoms with Crippen LogP contribution in [-0.4, -0.2) is 37.9 Å². The van der Waals surface area contributed by atoms with Crippen LogP contribution >= 0.6 is 0 Å².